The Morgan fingerprint density at radius 3 is 2.79 bits per heavy atom. The maximum atomic E-state index is 14.5. The largest absolute Gasteiger partial charge is 0.324 e. The molecule has 1 aliphatic heterocycles. The van der Waals surface area contributed by atoms with Gasteiger partial charge in [-0.2, -0.15) is 0 Å². The molecule has 3 rings (SSSR count). The van der Waals surface area contributed by atoms with E-state index in [1.807, 2.05) is 0 Å². The van der Waals surface area contributed by atoms with E-state index >= 15 is 0 Å². The van der Waals surface area contributed by atoms with Gasteiger partial charge >= 0.3 is 0 Å². The second-order valence-electron chi connectivity index (χ2n) is 6.56. The zero-order valence-corrected chi connectivity index (χ0v) is 14.4. The van der Waals surface area contributed by atoms with E-state index in [4.69, 9.17) is 0 Å². The Labute approximate surface area is 141 Å². The lowest BCUT2D eigenvalue weighted by Gasteiger charge is -2.19. The summed E-state index contributed by atoms with van der Waals surface area (Å²) < 4.78 is 38.8. The van der Waals surface area contributed by atoms with Gasteiger partial charge in [0.25, 0.3) is 0 Å². The molecule has 1 amide bonds. The molecule has 0 atom stereocenters. The molecular formula is C17H23FN2O3S. The maximum Gasteiger partial charge on any atom is 0.225 e. The number of anilines is 1. The van der Waals surface area contributed by atoms with Crippen LogP contribution < -0.4 is 10.6 Å². The van der Waals surface area contributed by atoms with E-state index in [2.05, 4.69) is 10.6 Å². The van der Waals surface area contributed by atoms with E-state index in [1.54, 1.807) is 12.1 Å². The van der Waals surface area contributed by atoms with Crippen LogP contribution in [0.4, 0.5) is 10.1 Å². The van der Waals surface area contributed by atoms with Crippen molar-refractivity contribution >= 4 is 21.4 Å². The summed E-state index contributed by atoms with van der Waals surface area (Å²) in [7, 11) is -3.23. The highest BCUT2D eigenvalue weighted by Gasteiger charge is 2.29. The fraction of sp³-hybridized carbons (Fsp3) is 0.588. The normalized spacial score (nSPS) is 18.4. The molecule has 0 radical (unpaired) electrons. The van der Waals surface area contributed by atoms with Crippen molar-refractivity contribution in [3.8, 4) is 0 Å². The van der Waals surface area contributed by atoms with Crippen LogP contribution in [0.5, 0.6) is 0 Å². The van der Waals surface area contributed by atoms with Crippen molar-refractivity contribution in [1.29, 1.82) is 0 Å². The molecule has 1 saturated carbocycles. The molecule has 1 fully saturated rings. The molecule has 24 heavy (non-hydrogen) atoms. The first-order valence-electron chi connectivity index (χ1n) is 8.50. The van der Waals surface area contributed by atoms with Crippen LogP contribution in [0.3, 0.4) is 0 Å². The molecule has 0 bridgehead atoms. The first kappa shape index (κ1) is 17.4. The van der Waals surface area contributed by atoms with Crippen molar-refractivity contribution in [3.05, 3.63) is 29.1 Å². The molecule has 1 aliphatic carbocycles. The average Bonchev–Trinajstić information content (AvgIpc) is 3.11. The maximum absolute atomic E-state index is 14.5. The zero-order chi connectivity index (χ0) is 17.2. The second-order valence-corrected chi connectivity index (χ2v) is 8.96. The molecule has 0 spiro atoms. The lowest BCUT2D eigenvalue weighted by Crippen LogP contribution is -2.26. The van der Waals surface area contributed by atoms with Gasteiger partial charge in [0.15, 0.2) is 9.84 Å². The van der Waals surface area contributed by atoms with Gasteiger partial charge in [0.05, 0.1) is 16.7 Å². The van der Waals surface area contributed by atoms with E-state index in [0.29, 0.717) is 37.9 Å². The van der Waals surface area contributed by atoms with E-state index < -0.39 is 21.6 Å². The van der Waals surface area contributed by atoms with Crippen LogP contribution in [0, 0.1) is 5.82 Å². The minimum absolute atomic E-state index is 0.128. The van der Waals surface area contributed by atoms with E-state index in [0.717, 1.165) is 18.4 Å². The van der Waals surface area contributed by atoms with Crippen LogP contribution in [0.15, 0.2) is 12.1 Å². The highest BCUT2D eigenvalue weighted by molar-refractivity contribution is 7.92. The Morgan fingerprint density at radius 2 is 2.04 bits per heavy atom. The molecule has 0 aromatic heterocycles. The number of carbonyl (C=O) groups is 1. The van der Waals surface area contributed by atoms with Gasteiger partial charge in [-0.15, -0.1) is 0 Å². The van der Waals surface area contributed by atoms with Crippen LogP contribution in [0.2, 0.25) is 0 Å². The first-order valence-corrected chi connectivity index (χ1v) is 10.2. The summed E-state index contributed by atoms with van der Waals surface area (Å²) in [5, 5.41) is 5.39. The Hall–Kier alpha value is -1.47. The Morgan fingerprint density at radius 1 is 1.29 bits per heavy atom. The zero-order valence-electron chi connectivity index (χ0n) is 13.6. The van der Waals surface area contributed by atoms with E-state index in [1.165, 1.54) is 0 Å². The smallest absolute Gasteiger partial charge is 0.225 e. The van der Waals surface area contributed by atoms with Crippen LogP contribution in [0.1, 0.15) is 43.2 Å². The number of benzene rings is 1. The number of hydrogen-bond acceptors (Lipinski definition) is 4. The number of amides is 1. The van der Waals surface area contributed by atoms with Crippen molar-refractivity contribution in [1.82, 2.24) is 5.32 Å². The molecule has 0 unspecified atom stereocenters. The van der Waals surface area contributed by atoms with Gasteiger partial charge in [0.2, 0.25) is 5.91 Å². The summed E-state index contributed by atoms with van der Waals surface area (Å²) in [5.41, 5.74) is 1.67. The third-order valence-electron chi connectivity index (χ3n) is 4.91. The minimum atomic E-state index is -3.23. The summed E-state index contributed by atoms with van der Waals surface area (Å²) in [6.07, 6.45) is 3.71. The highest BCUT2D eigenvalue weighted by Crippen LogP contribution is 2.26. The predicted molar refractivity (Wildman–Crippen MR) is 91.1 cm³/mol. The lowest BCUT2D eigenvalue weighted by molar-refractivity contribution is -0.115. The SMILES string of the molecule is O=C(CCS(=O)(=O)C1CCCC1)Nc1ccc2c(c1F)CCNC2. The highest BCUT2D eigenvalue weighted by atomic mass is 32.2. The number of hydrogen-bond donors (Lipinski definition) is 2. The molecule has 2 aliphatic rings. The van der Waals surface area contributed by atoms with Crippen molar-refractivity contribution in [2.24, 2.45) is 0 Å². The number of nitrogens with one attached hydrogen (secondary N) is 2. The average molecular weight is 354 g/mol. The second kappa shape index (κ2) is 7.19. The summed E-state index contributed by atoms with van der Waals surface area (Å²) in [4.78, 5) is 12.0. The number of halogens is 1. The van der Waals surface area contributed by atoms with Crippen molar-refractivity contribution in [2.75, 3.05) is 17.6 Å². The molecule has 1 aromatic carbocycles. The van der Waals surface area contributed by atoms with E-state index in [-0.39, 0.29) is 23.1 Å². The third-order valence-corrected chi connectivity index (χ3v) is 7.17. The summed E-state index contributed by atoms with van der Waals surface area (Å²) in [5.74, 6) is -1.02. The van der Waals surface area contributed by atoms with Gasteiger partial charge in [-0.1, -0.05) is 18.9 Å². The Kier molecular flexibility index (Phi) is 5.20. The topological polar surface area (TPSA) is 75.3 Å². The van der Waals surface area contributed by atoms with Crippen molar-refractivity contribution in [3.63, 3.8) is 0 Å². The summed E-state index contributed by atoms with van der Waals surface area (Å²) in [6, 6.07) is 3.35. The number of carbonyl (C=O) groups excluding carboxylic acids is 1. The van der Waals surface area contributed by atoms with Gasteiger partial charge in [0, 0.05) is 13.0 Å². The van der Waals surface area contributed by atoms with E-state index in [9.17, 15) is 17.6 Å². The lowest BCUT2D eigenvalue weighted by atomic mass is 9.99. The Bertz CT molecular complexity index is 728. The fourth-order valence-corrected chi connectivity index (χ4v) is 5.35. The van der Waals surface area contributed by atoms with Gasteiger partial charge in [0.1, 0.15) is 5.82 Å². The van der Waals surface area contributed by atoms with Gasteiger partial charge in [-0.05, 0) is 43.0 Å². The molecule has 1 aromatic rings. The number of fused-ring (bicyclic) bond motifs is 1. The standard InChI is InChI=1S/C17H23FN2O3S/c18-17-14-7-9-19-11-12(14)5-6-15(17)20-16(21)8-10-24(22,23)13-3-1-2-4-13/h5-6,13,19H,1-4,7-11H2,(H,20,21). The monoisotopic (exact) mass is 354 g/mol. The van der Waals surface area contributed by atoms with Gasteiger partial charge in [-0.3, -0.25) is 4.79 Å². The quantitative estimate of drug-likeness (QED) is 0.850. The fourth-order valence-electron chi connectivity index (χ4n) is 3.49. The van der Waals surface area contributed by atoms with Crippen molar-refractivity contribution < 1.29 is 17.6 Å². The van der Waals surface area contributed by atoms with Crippen LogP contribution >= 0.6 is 0 Å². The Balaban J connectivity index is 1.61. The molecule has 0 saturated heterocycles. The molecule has 5 nitrogen and oxygen atoms in total. The van der Waals surface area contributed by atoms with Gasteiger partial charge < -0.3 is 10.6 Å². The van der Waals surface area contributed by atoms with Crippen LogP contribution in [-0.2, 0) is 27.6 Å². The van der Waals surface area contributed by atoms with Crippen LogP contribution in [0.25, 0.3) is 0 Å². The molecule has 7 heteroatoms. The summed E-state index contributed by atoms with van der Waals surface area (Å²) >= 11 is 0. The van der Waals surface area contributed by atoms with Crippen LogP contribution in [-0.4, -0.2) is 31.9 Å². The van der Waals surface area contributed by atoms with Gasteiger partial charge in [-0.25, -0.2) is 12.8 Å². The molecule has 1 heterocycles. The third kappa shape index (κ3) is 3.78. The van der Waals surface area contributed by atoms with Crippen molar-refractivity contribution in [2.45, 2.75) is 50.3 Å². The molecular weight excluding hydrogens is 331 g/mol. The number of sulfone groups is 1. The summed E-state index contributed by atoms with van der Waals surface area (Å²) in [6.45, 7) is 1.33. The number of rotatable bonds is 5. The minimum Gasteiger partial charge on any atom is -0.324 e. The first-order chi connectivity index (χ1) is 11.5. The molecule has 132 valence electrons. The predicted octanol–water partition coefficient (Wildman–Crippen LogP) is 2.16. The molecule has 2 N–H and O–H groups in total.